The van der Waals surface area contributed by atoms with E-state index in [1.54, 1.807) is 0 Å². The van der Waals surface area contributed by atoms with E-state index in [0.717, 1.165) is 23.4 Å². The van der Waals surface area contributed by atoms with E-state index < -0.39 is 0 Å². The molecular formula is C9H9ClN4. The lowest BCUT2D eigenvalue weighted by atomic mass is 10.2. The molecule has 72 valence electrons. The van der Waals surface area contributed by atoms with Crippen LogP contribution in [-0.4, -0.2) is 21.1 Å². The predicted molar refractivity (Wildman–Crippen MR) is 55.7 cm³/mol. The Morgan fingerprint density at radius 1 is 1.57 bits per heavy atom. The SMILES string of the molecule is C[C@H]1CNc2nc(Cl)nc3ccn1c23. The van der Waals surface area contributed by atoms with Crippen LogP contribution in [0.1, 0.15) is 13.0 Å². The molecule has 0 aromatic carbocycles. The number of nitrogens with one attached hydrogen (secondary N) is 1. The van der Waals surface area contributed by atoms with Gasteiger partial charge in [0.15, 0.2) is 5.82 Å². The van der Waals surface area contributed by atoms with Gasteiger partial charge in [-0.05, 0) is 24.6 Å². The number of anilines is 1. The predicted octanol–water partition coefficient (Wildman–Crippen LogP) is 2.07. The second-order valence-electron chi connectivity index (χ2n) is 3.53. The zero-order valence-corrected chi connectivity index (χ0v) is 8.41. The fourth-order valence-electron chi connectivity index (χ4n) is 1.87. The molecule has 0 amide bonds. The Bertz CT molecular complexity index is 505. The monoisotopic (exact) mass is 208 g/mol. The van der Waals surface area contributed by atoms with Gasteiger partial charge in [-0.3, -0.25) is 0 Å². The molecule has 3 rings (SSSR count). The van der Waals surface area contributed by atoms with Crippen molar-refractivity contribution in [2.75, 3.05) is 11.9 Å². The van der Waals surface area contributed by atoms with E-state index in [-0.39, 0.29) is 0 Å². The minimum Gasteiger partial charge on any atom is -0.366 e. The fraction of sp³-hybridized carbons (Fsp3) is 0.333. The Kier molecular flexibility index (Phi) is 1.50. The normalized spacial score (nSPS) is 19.7. The number of rotatable bonds is 0. The van der Waals surface area contributed by atoms with Crippen LogP contribution in [0.5, 0.6) is 0 Å². The lowest BCUT2D eigenvalue weighted by molar-refractivity contribution is 0.580. The van der Waals surface area contributed by atoms with Gasteiger partial charge in [0, 0.05) is 18.8 Å². The average Bonchev–Trinajstić information content (AvgIpc) is 2.56. The van der Waals surface area contributed by atoms with Crippen molar-refractivity contribution in [1.29, 1.82) is 0 Å². The van der Waals surface area contributed by atoms with Crippen molar-refractivity contribution in [3.8, 4) is 0 Å². The minimum atomic E-state index is 0.298. The topological polar surface area (TPSA) is 42.7 Å². The first kappa shape index (κ1) is 8.05. The third kappa shape index (κ3) is 0.944. The molecule has 5 heteroatoms. The van der Waals surface area contributed by atoms with Crippen molar-refractivity contribution in [2.45, 2.75) is 13.0 Å². The lowest BCUT2D eigenvalue weighted by Gasteiger charge is -2.22. The summed E-state index contributed by atoms with van der Waals surface area (Å²) in [6.07, 6.45) is 2.03. The lowest BCUT2D eigenvalue weighted by Crippen LogP contribution is -2.21. The maximum absolute atomic E-state index is 5.80. The molecule has 0 unspecified atom stereocenters. The van der Waals surface area contributed by atoms with Crippen molar-refractivity contribution in [3.05, 3.63) is 17.5 Å². The van der Waals surface area contributed by atoms with Crippen molar-refractivity contribution in [1.82, 2.24) is 14.5 Å². The molecule has 1 aliphatic rings. The number of nitrogens with zero attached hydrogens (tertiary/aromatic N) is 3. The minimum absolute atomic E-state index is 0.298. The highest BCUT2D eigenvalue weighted by Crippen LogP contribution is 2.29. The average molecular weight is 209 g/mol. The van der Waals surface area contributed by atoms with Gasteiger partial charge in [0.1, 0.15) is 5.52 Å². The molecule has 0 radical (unpaired) electrons. The molecule has 0 saturated carbocycles. The maximum Gasteiger partial charge on any atom is 0.225 e. The summed E-state index contributed by atoms with van der Waals surface area (Å²) in [6.45, 7) is 3.04. The van der Waals surface area contributed by atoms with Gasteiger partial charge < -0.3 is 9.88 Å². The van der Waals surface area contributed by atoms with Gasteiger partial charge in [-0.2, -0.15) is 4.98 Å². The van der Waals surface area contributed by atoms with Crippen LogP contribution in [0.15, 0.2) is 12.3 Å². The number of hydrogen-bond acceptors (Lipinski definition) is 3. The highest BCUT2D eigenvalue weighted by molar-refractivity contribution is 6.28. The zero-order chi connectivity index (χ0) is 9.71. The molecule has 0 aliphatic carbocycles. The van der Waals surface area contributed by atoms with Gasteiger partial charge >= 0.3 is 0 Å². The molecule has 4 nitrogen and oxygen atoms in total. The van der Waals surface area contributed by atoms with Gasteiger partial charge in [-0.25, -0.2) is 4.98 Å². The van der Waals surface area contributed by atoms with Crippen molar-refractivity contribution < 1.29 is 0 Å². The number of hydrogen-bond donors (Lipinski definition) is 1. The molecule has 0 spiro atoms. The van der Waals surface area contributed by atoms with Crippen LogP contribution < -0.4 is 5.32 Å². The van der Waals surface area contributed by atoms with Crippen LogP contribution in [0, 0.1) is 0 Å². The largest absolute Gasteiger partial charge is 0.366 e. The van der Waals surface area contributed by atoms with Crippen molar-refractivity contribution in [3.63, 3.8) is 0 Å². The molecule has 2 aromatic heterocycles. The van der Waals surface area contributed by atoms with Gasteiger partial charge in [-0.15, -0.1) is 0 Å². The van der Waals surface area contributed by atoms with Crippen molar-refractivity contribution >= 4 is 28.5 Å². The van der Waals surface area contributed by atoms with E-state index in [9.17, 15) is 0 Å². The van der Waals surface area contributed by atoms with Gasteiger partial charge in [0.05, 0.1) is 5.52 Å². The third-order valence-electron chi connectivity index (χ3n) is 2.57. The van der Waals surface area contributed by atoms with E-state index in [0.29, 0.717) is 11.3 Å². The molecular weight excluding hydrogens is 200 g/mol. The summed E-state index contributed by atoms with van der Waals surface area (Å²) >= 11 is 5.80. The molecule has 0 saturated heterocycles. The van der Waals surface area contributed by atoms with Gasteiger partial charge in [-0.1, -0.05) is 0 Å². The van der Waals surface area contributed by atoms with Crippen LogP contribution in [0.4, 0.5) is 5.82 Å². The standard InChI is InChI=1S/C9H9ClN4/c1-5-4-11-8-7-6(2-3-14(5)7)12-9(10)13-8/h2-3,5H,4H2,1H3,(H,11,12,13)/t5-/m0/s1. The molecule has 1 N–H and O–H groups in total. The first-order valence-corrected chi connectivity index (χ1v) is 4.91. The van der Waals surface area contributed by atoms with Crippen molar-refractivity contribution in [2.24, 2.45) is 0 Å². The van der Waals surface area contributed by atoms with Crippen LogP contribution in [0.25, 0.3) is 11.0 Å². The summed E-state index contributed by atoms with van der Waals surface area (Å²) in [7, 11) is 0. The third-order valence-corrected chi connectivity index (χ3v) is 2.74. The van der Waals surface area contributed by atoms with E-state index in [2.05, 4.69) is 26.8 Å². The highest BCUT2D eigenvalue weighted by atomic mass is 35.5. The Hall–Kier alpha value is -1.29. The molecule has 0 bridgehead atoms. The van der Waals surface area contributed by atoms with Crippen LogP contribution in [0.2, 0.25) is 5.28 Å². The zero-order valence-electron chi connectivity index (χ0n) is 7.66. The summed E-state index contributed by atoms with van der Waals surface area (Å²) < 4.78 is 2.18. The molecule has 0 fully saturated rings. The quantitative estimate of drug-likeness (QED) is 0.674. The molecule has 14 heavy (non-hydrogen) atoms. The Morgan fingerprint density at radius 3 is 3.29 bits per heavy atom. The van der Waals surface area contributed by atoms with E-state index >= 15 is 0 Å². The van der Waals surface area contributed by atoms with Crippen LogP contribution in [-0.2, 0) is 0 Å². The molecule has 3 heterocycles. The van der Waals surface area contributed by atoms with Crippen LogP contribution >= 0.6 is 11.6 Å². The van der Waals surface area contributed by atoms with Gasteiger partial charge in [0.25, 0.3) is 0 Å². The Morgan fingerprint density at radius 2 is 2.43 bits per heavy atom. The summed E-state index contributed by atoms with van der Waals surface area (Å²) in [6, 6.07) is 2.40. The second-order valence-corrected chi connectivity index (χ2v) is 3.87. The van der Waals surface area contributed by atoms with E-state index in [4.69, 9.17) is 11.6 Å². The summed E-state index contributed by atoms with van der Waals surface area (Å²) in [5, 5.41) is 3.55. The maximum atomic E-state index is 5.80. The van der Waals surface area contributed by atoms with Gasteiger partial charge in [0.2, 0.25) is 5.28 Å². The first-order chi connectivity index (χ1) is 6.75. The van der Waals surface area contributed by atoms with Crippen LogP contribution in [0.3, 0.4) is 0 Å². The Labute approximate surface area is 85.9 Å². The smallest absolute Gasteiger partial charge is 0.225 e. The molecule has 2 aromatic rings. The fourth-order valence-corrected chi connectivity index (χ4v) is 2.05. The molecule has 1 aliphatic heterocycles. The summed E-state index contributed by atoms with van der Waals surface area (Å²) in [5.74, 6) is 0.836. The number of halogens is 1. The molecule has 1 atom stereocenters. The second kappa shape index (κ2) is 2.60. The first-order valence-electron chi connectivity index (χ1n) is 4.53. The Balaban J connectivity index is 2.43. The summed E-state index contributed by atoms with van der Waals surface area (Å²) in [4.78, 5) is 8.33. The summed E-state index contributed by atoms with van der Waals surface area (Å²) in [5.41, 5.74) is 1.95. The van der Waals surface area contributed by atoms with E-state index in [1.165, 1.54) is 0 Å². The number of aromatic nitrogens is 3. The van der Waals surface area contributed by atoms with E-state index in [1.807, 2.05) is 12.3 Å². The highest BCUT2D eigenvalue weighted by Gasteiger charge is 2.19.